The van der Waals surface area contributed by atoms with Crippen LogP contribution in [0.4, 0.5) is 0 Å². The molecule has 1 aliphatic carbocycles. The monoisotopic (exact) mass is 528 g/mol. The molecule has 1 unspecified atom stereocenters. The van der Waals surface area contributed by atoms with Gasteiger partial charge in [-0.05, 0) is 77.6 Å². The van der Waals surface area contributed by atoms with E-state index < -0.39 is 5.60 Å². The van der Waals surface area contributed by atoms with Gasteiger partial charge in [-0.1, -0.05) is 53.5 Å². The minimum absolute atomic E-state index is 0.586. The molecule has 7 heteroatoms. The summed E-state index contributed by atoms with van der Waals surface area (Å²) in [4.78, 5) is 9.25. The zero-order chi connectivity index (χ0) is 25.6. The van der Waals surface area contributed by atoms with Gasteiger partial charge < -0.3 is 15.0 Å². The summed E-state index contributed by atoms with van der Waals surface area (Å²) in [6, 6.07) is 23.8. The predicted octanol–water partition coefficient (Wildman–Crippen LogP) is 6.48. The molecule has 0 amide bonds. The van der Waals surface area contributed by atoms with Crippen LogP contribution in [0.3, 0.4) is 0 Å². The number of imidazole rings is 1. The molecule has 2 aromatic heterocycles. The summed E-state index contributed by atoms with van der Waals surface area (Å²) in [7, 11) is 1.88. The van der Waals surface area contributed by atoms with Crippen molar-refractivity contribution in [2.24, 2.45) is 7.05 Å². The molecule has 2 N–H and O–H groups in total. The van der Waals surface area contributed by atoms with Crippen molar-refractivity contribution in [1.82, 2.24) is 19.9 Å². The molecule has 1 atom stereocenters. The molecule has 5 aromatic rings. The van der Waals surface area contributed by atoms with E-state index in [4.69, 9.17) is 28.2 Å². The van der Waals surface area contributed by atoms with Crippen molar-refractivity contribution in [2.75, 3.05) is 0 Å². The summed E-state index contributed by atoms with van der Waals surface area (Å²) < 4.78 is 1.83. The van der Waals surface area contributed by atoms with E-state index >= 15 is 0 Å². The van der Waals surface area contributed by atoms with Crippen LogP contribution in [-0.2, 0) is 19.2 Å². The molecule has 1 saturated carbocycles. The molecule has 2 heterocycles. The first-order chi connectivity index (χ1) is 17.9. The van der Waals surface area contributed by atoms with Crippen molar-refractivity contribution in [2.45, 2.75) is 31.0 Å². The summed E-state index contributed by atoms with van der Waals surface area (Å²) in [6.45, 7) is 0.708. The number of pyridine rings is 1. The second-order valence-corrected chi connectivity index (χ2v) is 10.5. The predicted molar refractivity (Wildman–Crippen MR) is 149 cm³/mol. The van der Waals surface area contributed by atoms with E-state index in [0.29, 0.717) is 39.5 Å². The number of benzene rings is 3. The normalized spacial score (nSPS) is 15.1. The van der Waals surface area contributed by atoms with Gasteiger partial charge in [-0.15, -0.1) is 0 Å². The zero-order valence-electron chi connectivity index (χ0n) is 20.3. The minimum atomic E-state index is -1.46. The van der Waals surface area contributed by atoms with E-state index in [1.54, 1.807) is 24.7 Å². The summed E-state index contributed by atoms with van der Waals surface area (Å²) in [5.74, 6) is 0. The van der Waals surface area contributed by atoms with Crippen LogP contribution in [0, 0.1) is 0 Å². The fourth-order valence-electron chi connectivity index (χ4n) is 4.89. The second kappa shape index (κ2) is 9.58. The van der Waals surface area contributed by atoms with Gasteiger partial charge in [0.2, 0.25) is 0 Å². The van der Waals surface area contributed by atoms with Crippen LogP contribution in [0.2, 0.25) is 10.0 Å². The molecular weight excluding hydrogens is 503 g/mol. The molecule has 6 rings (SSSR count). The van der Waals surface area contributed by atoms with Crippen LogP contribution in [0.15, 0.2) is 85.3 Å². The number of fused-ring (bicyclic) bond motifs is 1. The fourth-order valence-corrected chi connectivity index (χ4v) is 5.20. The number of hydrogen-bond acceptors (Lipinski definition) is 4. The van der Waals surface area contributed by atoms with Gasteiger partial charge in [0.05, 0.1) is 29.4 Å². The standard InChI is InChI=1S/C30H26Cl2N4O/c1-36-18-33-17-29(36)30(37,20-5-8-22(31)9-6-20)21-7-12-28-27(14-21)26(19-3-2-4-23(32)13-19)15-25(35-28)16-34-24-10-11-24/h2-9,12-15,17-18,24,34,37H,10-11,16H2,1H3. The first-order valence-electron chi connectivity index (χ1n) is 12.3. The summed E-state index contributed by atoms with van der Waals surface area (Å²) in [6.07, 6.45) is 5.82. The van der Waals surface area contributed by atoms with Crippen LogP contribution >= 0.6 is 23.2 Å². The van der Waals surface area contributed by atoms with Crippen molar-refractivity contribution >= 4 is 34.1 Å². The first-order valence-corrected chi connectivity index (χ1v) is 13.1. The maximum absolute atomic E-state index is 12.4. The lowest BCUT2D eigenvalue weighted by atomic mass is 9.82. The maximum Gasteiger partial charge on any atom is 0.156 e. The lowest BCUT2D eigenvalue weighted by Gasteiger charge is -2.30. The highest BCUT2D eigenvalue weighted by Gasteiger charge is 2.37. The number of hydrogen-bond donors (Lipinski definition) is 2. The van der Waals surface area contributed by atoms with Crippen LogP contribution in [0.25, 0.3) is 22.0 Å². The van der Waals surface area contributed by atoms with Crippen LogP contribution in [0.1, 0.15) is 35.4 Å². The Morgan fingerprint density at radius 3 is 2.46 bits per heavy atom. The number of rotatable bonds is 7. The van der Waals surface area contributed by atoms with Crippen molar-refractivity contribution < 1.29 is 5.11 Å². The van der Waals surface area contributed by atoms with Gasteiger partial charge >= 0.3 is 0 Å². The summed E-state index contributed by atoms with van der Waals surface area (Å²) in [5, 5.41) is 18.2. The quantitative estimate of drug-likeness (QED) is 0.253. The molecule has 186 valence electrons. The molecular formula is C30H26Cl2N4O. The Balaban J connectivity index is 1.56. The highest BCUT2D eigenvalue weighted by atomic mass is 35.5. The number of aryl methyl sites for hydroxylation is 1. The molecule has 0 saturated heterocycles. The largest absolute Gasteiger partial charge is 0.374 e. The Morgan fingerprint density at radius 1 is 0.973 bits per heavy atom. The molecule has 1 aliphatic rings. The van der Waals surface area contributed by atoms with Gasteiger partial charge in [0, 0.05) is 35.1 Å². The van der Waals surface area contributed by atoms with Crippen molar-refractivity contribution in [3.63, 3.8) is 0 Å². The minimum Gasteiger partial charge on any atom is -0.374 e. The lowest BCUT2D eigenvalue weighted by molar-refractivity contribution is 0.117. The van der Waals surface area contributed by atoms with Gasteiger partial charge in [0.15, 0.2) is 5.60 Å². The lowest BCUT2D eigenvalue weighted by Crippen LogP contribution is -2.31. The number of nitrogens with zero attached hydrogens (tertiary/aromatic N) is 3. The highest BCUT2D eigenvalue weighted by molar-refractivity contribution is 6.31. The highest BCUT2D eigenvalue weighted by Crippen LogP contribution is 2.40. The number of aromatic nitrogens is 3. The second-order valence-electron chi connectivity index (χ2n) is 9.67. The third kappa shape index (κ3) is 4.64. The van der Waals surface area contributed by atoms with E-state index in [1.807, 2.05) is 60.1 Å². The molecule has 3 aromatic carbocycles. The average Bonchev–Trinajstić information content (AvgIpc) is 3.64. The van der Waals surface area contributed by atoms with Crippen molar-refractivity contribution in [1.29, 1.82) is 0 Å². The molecule has 5 nitrogen and oxygen atoms in total. The van der Waals surface area contributed by atoms with E-state index in [0.717, 1.165) is 27.7 Å². The average molecular weight is 529 g/mol. The third-order valence-corrected chi connectivity index (χ3v) is 7.50. The van der Waals surface area contributed by atoms with E-state index in [2.05, 4.69) is 22.4 Å². The Hall–Kier alpha value is -3.22. The Kier molecular flexibility index (Phi) is 6.25. The van der Waals surface area contributed by atoms with Crippen molar-refractivity contribution in [3.05, 3.63) is 118 Å². The Labute approximate surface area is 225 Å². The number of halogens is 2. The molecule has 37 heavy (non-hydrogen) atoms. The van der Waals surface area contributed by atoms with E-state index in [9.17, 15) is 5.11 Å². The van der Waals surface area contributed by atoms with E-state index in [-0.39, 0.29) is 0 Å². The topological polar surface area (TPSA) is 63.0 Å². The Bertz CT molecular complexity index is 1590. The number of nitrogens with one attached hydrogen (secondary N) is 1. The molecule has 0 bridgehead atoms. The molecule has 0 spiro atoms. The fraction of sp³-hybridized carbons (Fsp3) is 0.200. The smallest absolute Gasteiger partial charge is 0.156 e. The summed E-state index contributed by atoms with van der Waals surface area (Å²) >= 11 is 12.6. The van der Waals surface area contributed by atoms with Crippen LogP contribution in [-0.4, -0.2) is 25.7 Å². The van der Waals surface area contributed by atoms with Crippen molar-refractivity contribution in [3.8, 4) is 11.1 Å². The van der Waals surface area contributed by atoms with Gasteiger partial charge in [-0.2, -0.15) is 0 Å². The number of aliphatic hydroxyl groups is 1. The molecule has 1 fully saturated rings. The zero-order valence-corrected chi connectivity index (χ0v) is 21.8. The van der Waals surface area contributed by atoms with Gasteiger partial charge in [-0.3, -0.25) is 4.98 Å². The molecule has 0 radical (unpaired) electrons. The third-order valence-electron chi connectivity index (χ3n) is 7.01. The van der Waals surface area contributed by atoms with Gasteiger partial charge in [-0.25, -0.2) is 4.98 Å². The van der Waals surface area contributed by atoms with Gasteiger partial charge in [0.25, 0.3) is 0 Å². The Morgan fingerprint density at radius 2 is 1.76 bits per heavy atom. The van der Waals surface area contributed by atoms with E-state index in [1.165, 1.54) is 12.8 Å². The van der Waals surface area contributed by atoms with Gasteiger partial charge in [0.1, 0.15) is 0 Å². The van der Waals surface area contributed by atoms with Crippen LogP contribution < -0.4 is 5.32 Å². The molecule has 0 aliphatic heterocycles. The SMILES string of the molecule is Cn1cncc1C(O)(c1ccc(Cl)cc1)c1ccc2nc(CNC3CC3)cc(-c3cccc(Cl)c3)c2c1. The summed E-state index contributed by atoms with van der Waals surface area (Å²) in [5.41, 5.74) is 4.45. The first kappa shape index (κ1) is 24.1. The maximum atomic E-state index is 12.4. The van der Waals surface area contributed by atoms with Crippen LogP contribution in [0.5, 0.6) is 0 Å².